The smallest absolute Gasteiger partial charge is 0.0543 e. The van der Waals surface area contributed by atoms with Gasteiger partial charge >= 0.3 is 0 Å². The van der Waals surface area contributed by atoms with E-state index in [2.05, 4.69) is 267 Å². The molecular weight excluding hydrogens is 783 g/mol. The molecule has 11 aromatic carbocycles. The second-order valence-corrected chi connectivity index (χ2v) is 17.4. The van der Waals surface area contributed by atoms with Crippen molar-refractivity contribution in [3.63, 3.8) is 0 Å². The van der Waals surface area contributed by atoms with Gasteiger partial charge in [-0.2, -0.15) is 0 Å². The highest BCUT2D eigenvalue weighted by atomic mass is 15.1. The lowest BCUT2D eigenvalue weighted by molar-refractivity contribution is 0.714. The zero-order valence-corrected chi connectivity index (χ0v) is 36.2. The van der Waals surface area contributed by atoms with Crippen LogP contribution in [0.5, 0.6) is 0 Å². The largest absolute Gasteiger partial charge is 0.310 e. The van der Waals surface area contributed by atoms with Crippen LogP contribution in [-0.4, -0.2) is 0 Å². The highest BCUT2D eigenvalue weighted by molar-refractivity contribution is 5.99. The van der Waals surface area contributed by atoms with E-state index in [-0.39, 0.29) is 5.41 Å². The monoisotopic (exact) mass is 827 g/mol. The van der Waals surface area contributed by atoms with Gasteiger partial charge in [0, 0.05) is 22.4 Å². The van der Waals surface area contributed by atoms with Crippen LogP contribution in [0.2, 0.25) is 0 Å². The normalized spacial score (nSPS) is 14.0. The van der Waals surface area contributed by atoms with Gasteiger partial charge in [0.25, 0.3) is 0 Å². The first-order chi connectivity index (χ1) is 32.1. The lowest BCUT2D eigenvalue weighted by atomic mass is 9.74. The van der Waals surface area contributed by atoms with Gasteiger partial charge in [-0.05, 0) is 126 Å². The molecule has 1 aliphatic rings. The summed E-state index contributed by atoms with van der Waals surface area (Å²) in [7, 11) is 0. The minimum Gasteiger partial charge on any atom is -0.310 e. The number of hydrogen-bond donors (Lipinski definition) is 0. The summed E-state index contributed by atoms with van der Waals surface area (Å²) in [4.78, 5) is 2.45. The summed E-state index contributed by atoms with van der Waals surface area (Å²) in [6.07, 6.45) is 0. The van der Waals surface area contributed by atoms with E-state index in [9.17, 15) is 0 Å². The predicted octanol–water partition coefficient (Wildman–Crippen LogP) is 17.5. The summed E-state index contributed by atoms with van der Waals surface area (Å²) < 4.78 is 0. The maximum Gasteiger partial charge on any atom is 0.0543 e. The summed E-state index contributed by atoms with van der Waals surface area (Å²) in [5.41, 5.74) is 19.3. The van der Waals surface area contributed by atoms with E-state index in [4.69, 9.17) is 0 Å². The number of fused-ring (bicyclic) bond motifs is 5. The minimum absolute atomic E-state index is 0.307. The van der Waals surface area contributed by atoms with Crippen molar-refractivity contribution in [1.29, 1.82) is 0 Å². The summed E-state index contributed by atoms with van der Waals surface area (Å²) in [5.74, 6) is 0. The van der Waals surface area contributed by atoms with Crippen LogP contribution < -0.4 is 4.90 Å². The number of hydrogen-bond acceptors (Lipinski definition) is 1. The van der Waals surface area contributed by atoms with Gasteiger partial charge in [0.1, 0.15) is 0 Å². The van der Waals surface area contributed by atoms with Gasteiger partial charge in [-0.25, -0.2) is 0 Å². The van der Waals surface area contributed by atoms with Crippen molar-refractivity contribution < 1.29 is 0 Å². The third-order valence-electron chi connectivity index (χ3n) is 13.8. The molecule has 65 heavy (non-hydrogen) atoms. The van der Waals surface area contributed by atoms with Gasteiger partial charge in [0.15, 0.2) is 0 Å². The fourth-order valence-corrected chi connectivity index (χ4v) is 10.5. The molecule has 11 aromatic rings. The molecule has 0 radical (unpaired) electrons. The lowest BCUT2D eigenvalue weighted by Crippen LogP contribution is -2.22. The van der Waals surface area contributed by atoms with E-state index in [0.717, 1.165) is 17.1 Å². The highest BCUT2D eigenvalue weighted by Crippen LogP contribution is 2.56. The van der Waals surface area contributed by atoms with Crippen LogP contribution in [0.15, 0.2) is 255 Å². The maximum absolute atomic E-state index is 2.45. The molecule has 0 spiro atoms. The Labute approximate surface area is 381 Å². The van der Waals surface area contributed by atoms with Gasteiger partial charge in [-0.1, -0.05) is 224 Å². The van der Waals surface area contributed by atoms with Crippen LogP contribution in [0, 0.1) is 0 Å². The van der Waals surface area contributed by atoms with Crippen molar-refractivity contribution >= 4 is 38.6 Å². The first-order valence-electron chi connectivity index (χ1n) is 22.6. The minimum atomic E-state index is -0.307. The molecule has 0 aromatic heterocycles. The standard InChI is InChI=1S/C64H45N/c1-64(52-18-3-2-4-19-52)60-25-10-9-22-59(60)63-61(64)26-13-27-62(63)65(53-40-36-46(37-41-53)44-28-32-50(33-29-44)57-23-11-16-48-14-5-7-20-55(48)57)54-42-38-47(39-43-54)45-30-34-51(35-31-45)58-24-12-17-49-15-6-8-21-56(49)58/h2-43H,1H3. The van der Waals surface area contributed by atoms with Crippen molar-refractivity contribution in [2.24, 2.45) is 0 Å². The van der Waals surface area contributed by atoms with E-state index in [1.54, 1.807) is 0 Å². The summed E-state index contributed by atoms with van der Waals surface area (Å²) in [6, 6.07) is 93.4. The van der Waals surface area contributed by atoms with Gasteiger partial charge in [0.05, 0.1) is 5.69 Å². The molecule has 0 N–H and O–H groups in total. The van der Waals surface area contributed by atoms with Crippen molar-refractivity contribution in [2.75, 3.05) is 4.90 Å². The summed E-state index contributed by atoms with van der Waals surface area (Å²) in [5, 5.41) is 5.06. The number of rotatable bonds is 8. The van der Waals surface area contributed by atoms with E-state index in [1.807, 2.05) is 0 Å². The lowest BCUT2D eigenvalue weighted by Gasteiger charge is -2.30. The third-order valence-corrected chi connectivity index (χ3v) is 13.8. The second-order valence-electron chi connectivity index (χ2n) is 17.4. The molecule has 0 bridgehead atoms. The Morgan fingerprint density at radius 3 is 1.22 bits per heavy atom. The van der Waals surface area contributed by atoms with Crippen LogP contribution in [0.3, 0.4) is 0 Å². The van der Waals surface area contributed by atoms with E-state index in [0.29, 0.717) is 0 Å². The van der Waals surface area contributed by atoms with Gasteiger partial charge < -0.3 is 4.90 Å². The Morgan fingerprint density at radius 2 is 0.677 bits per heavy atom. The molecule has 0 saturated carbocycles. The molecule has 1 nitrogen and oxygen atoms in total. The second kappa shape index (κ2) is 15.8. The molecule has 1 atom stereocenters. The first-order valence-corrected chi connectivity index (χ1v) is 22.6. The fourth-order valence-electron chi connectivity index (χ4n) is 10.5. The molecule has 0 fully saturated rings. The molecule has 1 unspecified atom stereocenters. The van der Waals surface area contributed by atoms with Crippen molar-refractivity contribution in [3.05, 3.63) is 271 Å². The van der Waals surface area contributed by atoms with Gasteiger partial charge in [-0.3, -0.25) is 0 Å². The SMILES string of the molecule is CC1(c2ccccc2)c2ccccc2-c2c(N(c3ccc(-c4ccc(-c5cccc6ccccc56)cc4)cc3)c3ccc(-c4ccc(-c5cccc6ccccc56)cc4)cc3)cccc21. The Kier molecular flexibility index (Phi) is 9.35. The van der Waals surface area contributed by atoms with Crippen LogP contribution >= 0.6 is 0 Å². The maximum atomic E-state index is 2.45. The van der Waals surface area contributed by atoms with Crippen LogP contribution in [-0.2, 0) is 5.41 Å². The molecule has 306 valence electrons. The van der Waals surface area contributed by atoms with Crippen molar-refractivity contribution in [2.45, 2.75) is 12.3 Å². The first kappa shape index (κ1) is 38.4. The highest BCUT2D eigenvalue weighted by Gasteiger charge is 2.42. The van der Waals surface area contributed by atoms with Crippen molar-refractivity contribution in [3.8, 4) is 55.6 Å². The quantitative estimate of drug-likeness (QED) is 0.147. The Morgan fingerprint density at radius 1 is 0.292 bits per heavy atom. The number of anilines is 3. The zero-order valence-electron chi connectivity index (χ0n) is 36.2. The number of nitrogens with zero attached hydrogens (tertiary/aromatic N) is 1. The van der Waals surface area contributed by atoms with Crippen LogP contribution in [0.25, 0.3) is 77.2 Å². The summed E-state index contributed by atoms with van der Waals surface area (Å²) >= 11 is 0. The van der Waals surface area contributed by atoms with Gasteiger partial charge in [0.2, 0.25) is 0 Å². The van der Waals surface area contributed by atoms with E-state index >= 15 is 0 Å². The Hall–Kier alpha value is -8.26. The molecule has 1 aliphatic carbocycles. The average Bonchev–Trinajstić information content (AvgIpc) is 3.66. The zero-order chi connectivity index (χ0) is 43.3. The Balaban J connectivity index is 0.939. The van der Waals surface area contributed by atoms with Crippen molar-refractivity contribution in [1.82, 2.24) is 0 Å². The molecule has 12 rings (SSSR count). The predicted molar refractivity (Wildman–Crippen MR) is 275 cm³/mol. The van der Waals surface area contributed by atoms with E-state index < -0.39 is 0 Å². The molecule has 1 heteroatoms. The van der Waals surface area contributed by atoms with E-state index in [1.165, 1.54) is 93.9 Å². The molecule has 0 heterocycles. The van der Waals surface area contributed by atoms with Gasteiger partial charge in [-0.15, -0.1) is 0 Å². The average molecular weight is 828 g/mol. The number of benzene rings is 11. The van der Waals surface area contributed by atoms with Crippen LogP contribution in [0.1, 0.15) is 23.6 Å². The fraction of sp³-hybridized carbons (Fsp3) is 0.0312. The summed E-state index contributed by atoms with van der Waals surface area (Å²) in [6.45, 7) is 2.39. The third kappa shape index (κ3) is 6.55. The topological polar surface area (TPSA) is 3.24 Å². The Bertz CT molecular complexity index is 3340. The molecule has 0 amide bonds. The molecule has 0 aliphatic heterocycles. The van der Waals surface area contributed by atoms with Crippen LogP contribution in [0.4, 0.5) is 17.1 Å². The molecular formula is C64H45N. The molecule has 0 saturated heterocycles.